The molecule has 0 fully saturated rings. The normalized spacial score (nSPS) is 15.2. The lowest BCUT2D eigenvalue weighted by molar-refractivity contribution is 0.0515. The van der Waals surface area contributed by atoms with Gasteiger partial charge in [0.1, 0.15) is 0 Å². The first-order valence-electron chi connectivity index (χ1n) is 7.24. The van der Waals surface area contributed by atoms with E-state index in [1.165, 1.54) is 5.39 Å². The fourth-order valence-electron chi connectivity index (χ4n) is 2.86. The van der Waals surface area contributed by atoms with Crippen molar-refractivity contribution in [2.45, 2.75) is 13.0 Å². The molecule has 0 saturated heterocycles. The van der Waals surface area contributed by atoms with E-state index in [2.05, 4.69) is 28.1 Å². The average molecular weight is 290 g/mol. The summed E-state index contributed by atoms with van der Waals surface area (Å²) in [4.78, 5) is 17.1. The van der Waals surface area contributed by atoms with Crippen molar-refractivity contribution in [1.29, 1.82) is 0 Å². The van der Waals surface area contributed by atoms with Crippen LogP contribution in [0.1, 0.15) is 22.3 Å². The summed E-state index contributed by atoms with van der Waals surface area (Å²) >= 11 is 0. The second-order valence-electron chi connectivity index (χ2n) is 5.29. The molecule has 0 bridgehead atoms. The van der Waals surface area contributed by atoms with Gasteiger partial charge in [0.2, 0.25) is 0 Å². The molecule has 0 spiro atoms. The van der Waals surface area contributed by atoms with Gasteiger partial charge in [-0.1, -0.05) is 41.6 Å². The Labute approximate surface area is 127 Å². The van der Waals surface area contributed by atoms with E-state index in [1.807, 2.05) is 18.2 Å². The maximum absolute atomic E-state index is 12.0. The van der Waals surface area contributed by atoms with Crippen LogP contribution in [0, 0.1) is 0 Å². The fourth-order valence-corrected chi connectivity index (χ4v) is 2.86. The van der Waals surface area contributed by atoms with Crippen LogP contribution in [0.3, 0.4) is 0 Å². The minimum atomic E-state index is -0.429. The number of hydrogen-bond acceptors (Lipinski definition) is 3. The fraction of sp³-hybridized carbons (Fsp3) is 0.111. The second kappa shape index (κ2) is 5.15. The van der Waals surface area contributed by atoms with E-state index in [9.17, 15) is 4.79 Å². The van der Waals surface area contributed by atoms with Crippen molar-refractivity contribution in [1.82, 2.24) is 4.57 Å². The van der Waals surface area contributed by atoms with E-state index in [1.54, 1.807) is 24.3 Å². The Bertz CT molecular complexity index is 878. The van der Waals surface area contributed by atoms with Crippen LogP contribution in [-0.2, 0) is 11.4 Å². The number of rotatable bonds is 2. The lowest BCUT2D eigenvalue weighted by Gasteiger charge is -2.17. The lowest BCUT2D eigenvalue weighted by Crippen LogP contribution is -2.15. The van der Waals surface area contributed by atoms with Gasteiger partial charge in [-0.15, -0.1) is 0 Å². The Morgan fingerprint density at radius 1 is 1.05 bits per heavy atom. The molecule has 22 heavy (non-hydrogen) atoms. The molecule has 0 aliphatic carbocycles. The molecular weight excluding hydrogens is 276 g/mol. The summed E-state index contributed by atoms with van der Waals surface area (Å²) < 4.78 is 2.21. The molecule has 4 nitrogen and oxygen atoms in total. The summed E-state index contributed by atoms with van der Waals surface area (Å²) in [6.45, 7) is 0.849. The Hall–Kier alpha value is -2.88. The summed E-state index contributed by atoms with van der Waals surface area (Å²) in [7, 11) is 0. The zero-order chi connectivity index (χ0) is 14.9. The van der Waals surface area contributed by atoms with Crippen molar-refractivity contribution in [3.05, 3.63) is 71.9 Å². The number of para-hydroxylation sites is 1. The van der Waals surface area contributed by atoms with Crippen LogP contribution in [0.4, 0.5) is 0 Å². The second-order valence-corrected chi connectivity index (χ2v) is 5.29. The molecule has 0 unspecified atom stereocenters. The lowest BCUT2D eigenvalue weighted by atomic mass is 10.0. The molecule has 3 aromatic rings. The number of oxime groups is 1. The third-order valence-electron chi connectivity index (χ3n) is 3.94. The minimum Gasteiger partial charge on any atom is -0.347 e. The molecule has 4 rings (SSSR count). The van der Waals surface area contributed by atoms with Gasteiger partial charge in [-0.3, -0.25) is 0 Å². The molecule has 0 atom stereocenters. The molecule has 108 valence electrons. The van der Waals surface area contributed by atoms with Gasteiger partial charge in [0.05, 0.1) is 16.8 Å². The third-order valence-corrected chi connectivity index (χ3v) is 3.94. The number of carbonyl (C=O) groups is 1. The molecule has 0 amide bonds. The van der Waals surface area contributed by atoms with Gasteiger partial charge in [-0.2, -0.15) is 0 Å². The van der Waals surface area contributed by atoms with E-state index < -0.39 is 5.97 Å². The number of nitrogens with zero attached hydrogens (tertiary/aromatic N) is 2. The molecule has 1 aliphatic rings. The summed E-state index contributed by atoms with van der Waals surface area (Å²) in [5.41, 5.74) is 3.52. The minimum absolute atomic E-state index is 0.429. The smallest absolute Gasteiger partial charge is 0.347 e. The highest BCUT2D eigenvalue weighted by Gasteiger charge is 2.18. The molecule has 0 radical (unpaired) electrons. The molecule has 1 aromatic heterocycles. The molecule has 2 aromatic carbocycles. The molecule has 2 heterocycles. The number of hydrogen-bond donors (Lipinski definition) is 0. The van der Waals surface area contributed by atoms with Crippen molar-refractivity contribution in [2.75, 3.05) is 0 Å². The first-order chi connectivity index (χ1) is 10.8. The van der Waals surface area contributed by atoms with Crippen LogP contribution in [0.25, 0.3) is 10.9 Å². The number of aromatic nitrogens is 1. The molecule has 1 aliphatic heterocycles. The number of carbonyl (C=O) groups excluding carboxylic acids is 1. The van der Waals surface area contributed by atoms with Crippen molar-refractivity contribution in [2.24, 2.45) is 5.16 Å². The highest BCUT2D eigenvalue weighted by Crippen LogP contribution is 2.26. The SMILES string of the molecule is O=C(O/N=C1\CCn2ccc3cccc1c32)c1ccccc1. The van der Waals surface area contributed by atoms with Gasteiger partial charge in [-0.05, 0) is 18.2 Å². The Kier molecular flexibility index (Phi) is 3.00. The first kappa shape index (κ1) is 12.8. The van der Waals surface area contributed by atoms with Crippen molar-refractivity contribution in [3.63, 3.8) is 0 Å². The van der Waals surface area contributed by atoms with E-state index >= 15 is 0 Å². The van der Waals surface area contributed by atoms with E-state index in [-0.39, 0.29) is 0 Å². The van der Waals surface area contributed by atoms with Crippen LogP contribution in [0.2, 0.25) is 0 Å². The van der Waals surface area contributed by atoms with E-state index in [4.69, 9.17) is 4.84 Å². The van der Waals surface area contributed by atoms with Crippen LogP contribution in [-0.4, -0.2) is 16.2 Å². The largest absolute Gasteiger partial charge is 0.365 e. The Balaban J connectivity index is 1.66. The molecular formula is C18H14N2O2. The first-order valence-corrected chi connectivity index (χ1v) is 7.24. The monoisotopic (exact) mass is 290 g/mol. The third kappa shape index (κ3) is 2.09. The topological polar surface area (TPSA) is 43.6 Å². The Morgan fingerprint density at radius 3 is 2.77 bits per heavy atom. The van der Waals surface area contributed by atoms with Gasteiger partial charge in [0.25, 0.3) is 0 Å². The van der Waals surface area contributed by atoms with Gasteiger partial charge < -0.3 is 9.40 Å². The van der Waals surface area contributed by atoms with Crippen molar-refractivity contribution in [3.8, 4) is 0 Å². The van der Waals surface area contributed by atoms with Gasteiger partial charge in [0, 0.05) is 30.1 Å². The molecule has 0 N–H and O–H groups in total. The van der Waals surface area contributed by atoms with Gasteiger partial charge in [-0.25, -0.2) is 4.79 Å². The summed E-state index contributed by atoms with van der Waals surface area (Å²) in [5, 5.41) is 5.30. The summed E-state index contributed by atoms with van der Waals surface area (Å²) in [6, 6.07) is 17.1. The molecule has 0 saturated carbocycles. The highest BCUT2D eigenvalue weighted by atomic mass is 16.7. The summed E-state index contributed by atoms with van der Waals surface area (Å²) in [5.74, 6) is -0.429. The maximum atomic E-state index is 12.0. The van der Waals surface area contributed by atoms with Crippen LogP contribution >= 0.6 is 0 Å². The summed E-state index contributed by atoms with van der Waals surface area (Å²) in [6.07, 6.45) is 2.84. The van der Waals surface area contributed by atoms with E-state index in [0.29, 0.717) is 5.56 Å². The maximum Gasteiger partial charge on any atom is 0.365 e. The van der Waals surface area contributed by atoms with Gasteiger partial charge in [0.15, 0.2) is 0 Å². The van der Waals surface area contributed by atoms with Gasteiger partial charge >= 0.3 is 5.97 Å². The van der Waals surface area contributed by atoms with E-state index in [0.717, 1.165) is 29.8 Å². The molecule has 4 heteroatoms. The van der Waals surface area contributed by atoms with Crippen molar-refractivity contribution >= 4 is 22.6 Å². The Morgan fingerprint density at radius 2 is 1.91 bits per heavy atom. The number of benzene rings is 2. The van der Waals surface area contributed by atoms with Crippen LogP contribution < -0.4 is 0 Å². The van der Waals surface area contributed by atoms with Crippen LogP contribution in [0.5, 0.6) is 0 Å². The average Bonchev–Trinajstić information content (AvgIpc) is 3.00. The standard InChI is InChI=1S/C18H14N2O2/c21-18(14-5-2-1-3-6-14)22-19-16-10-12-20-11-9-13-7-4-8-15(16)17(13)20/h1-9,11H,10,12H2/b19-16+. The zero-order valence-corrected chi connectivity index (χ0v) is 11.9. The van der Waals surface area contributed by atoms with Crippen LogP contribution in [0.15, 0.2) is 65.9 Å². The predicted octanol–water partition coefficient (Wildman–Crippen LogP) is 3.61. The quantitative estimate of drug-likeness (QED) is 0.534. The number of aryl methyl sites for hydroxylation is 1. The highest BCUT2D eigenvalue weighted by molar-refractivity contribution is 6.11. The predicted molar refractivity (Wildman–Crippen MR) is 84.9 cm³/mol. The van der Waals surface area contributed by atoms with Crippen molar-refractivity contribution < 1.29 is 9.63 Å². The zero-order valence-electron chi connectivity index (χ0n) is 11.9.